The van der Waals surface area contributed by atoms with Crippen molar-refractivity contribution in [3.8, 4) is 0 Å². The Labute approximate surface area is 217 Å². The van der Waals surface area contributed by atoms with Gasteiger partial charge in [-0.1, -0.05) is 41.5 Å². The molecule has 2 aliphatic heterocycles. The van der Waals surface area contributed by atoms with Crippen molar-refractivity contribution >= 4 is 28.7 Å². The molecule has 198 valence electrons. The number of para-hydroxylation sites is 2. The SMILES string of the molecule is CC(C)=CCc1cccc2c1Nc1c(C(=O)O[C@@H]3O[C@@H](C)[C@H](O)[C@@H](O)[C@H]3O)cccc1N2CC=C(C)C. The Kier molecular flexibility index (Phi) is 8.04. The van der Waals surface area contributed by atoms with E-state index in [2.05, 4.69) is 48.3 Å². The van der Waals surface area contributed by atoms with E-state index in [-0.39, 0.29) is 5.56 Å². The van der Waals surface area contributed by atoms with Crippen LogP contribution < -0.4 is 10.2 Å². The van der Waals surface area contributed by atoms with Crippen LogP contribution >= 0.6 is 0 Å². The predicted molar refractivity (Wildman–Crippen MR) is 144 cm³/mol. The van der Waals surface area contributed by atoms with E-state index in [4.69, 9.17) is 9.47 Å². The van der Waals surface area contributed by atoms with Crippen LogP contribution in [0.1, 0.15) is 50.5 Å². The molecule has 1 fully saturated rings. The molecule has 0 amide bonds. The molecule has 0 radical (unpaired) electrons. The van der Waals surface area contributed by atoms with Crippen LogP contribution in [0, 0.1) is 0 Å². The van der Waals surface area contributed by atoms with Crippen molar-refractivity contribution in [2.75, 3.05) is 16.8 Å². The van der Waals surface area contributed by atoms with E-state index < -0.39 is 36.7 Å². The number of carbonyl (C=O) groups is 1. The molecule has 2 aliphatic rings. The number of allylic oxidation sites excluding steroid dienone is 3. The molecule has 1 saturated heterocycles. The lowest BCUT2D eigenvalue weighted by Crippen LogP contribution is -2.57. The van der Waals surface area contributed by atoms with Crippen molar-refractivity contribution in [3.63, 3.8) is 0 Å². The zero-order valence-corrected chi connectivity index (χ0v) is 21.9. The van der Waals surface area contributed by atoms with Gasteiger partial charge in [-0.05, 0) is 64.8 Å². The summed E-state index contributed by atoms with van der Waals surface area (Å²) in [6.45, 7) is 10.4. The number of hydrogen-bond donors (Lipinski definition) is 4. The number of fused-ring (bicyclic) bond motifs is 2. The number of nitrogens with zero attached hydrogens (tertiary/aromatic N) is 1. The number of aliphatic hydroxyl groups excluding tert-OH is 3. The molecule has 4 rings (SSSR count). The van der Waals surface area contributed by atoms with Gasteiger partial charge in [0.15, 0.2) is 0 Å². The fraction of sp³-hybridized carbons (Fsp3) is 0.414. The summed E-state index contributed by atoms with van der Waals surface area (Å²) in [6.07, 6.45) is -1.55. The first-order valence-corrected chi connectivity index (χ1v) is 12.5. The summed E-state index contributed by atoms with van der Waals surface area (Å²) in [6, 6.07) is 11.5. The normalized spacial score (nSPS) is 24.3. The van der Waals surface area contributed by atoms with Crippen molar-refractivity contribution in [1.29, 1.82) is 0 Å². The predicted octanol–water partition coefficient (Wildman–Crippen LogP) is 4.34. The van der Waals surface area contributed by atoms with Gasteiger partial charge in [0.25, 0.3) is 0 Å². The van der Waals surface area contributed by atoms with Crippen LogP contribution in [0.25, 0.3) is 0 Å². The van der Waals surface area contributed by atoms with Crippen LogP contribution in [0.3, 0.4) is 0 Å². The summed E-state index contributed by atoms with van der Waals surface area (Å²) < 4.78 is 11.0. The van der Waals surface area contributed by atoms with Gasteiger partial charge in [0.2, 0.25) is 6.29 Å². The molecule has 5 atom stereocenters. The number of rotatable bonds is 6. The van der Waals surface area contributed by atoms with Crippen LogP contribution in [0.5, 0.6) is 0 Å². The number of ether oxygens (including phenoxy) is 2. The highest BCUT2D eigenvalue weighted by atomic mass is 16.7. The van der Waals surface area contributed by atoms with Crippen molar-refractivity contribution in [1.82, 2.24) is 0 Å². The number of nitrogens with one attached hydrogen (secondary N) is 1. The first kappa shape index (κ1) is 26.9. The summed E-state index contributed by atoms with van der Waals surface area (Å²) >= 11 is 0. The lowest BCUT2D eigenvalue weighted by Gasteiger charge is -2.39. The molecule has 2 aromatic rings. The average Bonchev–Trinajstić information content (AvgIpc) is 2.86. The van der Waals surface area contributed by atoms with E-state index >= 15 is 0 Å². The molecule has 0 spiro atoms. The van der Waals surface area contributed by atoms with E-state index in [1.807, 2.05) is 26.0 Å². The van der Waals surface area contributed by atoms with Gasteiger partial charge in [0.05, 0.1) is 34.4 Å². The summed E-state index contributed by atoms with van der Waals surface area (Å²) in [5.41, 5.74) is 7.07. The maximum Gasteiger partial charge on any atom is 0.342 e. The van der Waals surface area contributed by atoms with Crippen LogP contribution in [0.2, 0.25) is 0 Å². The lowest BCUT2D eigenvalue weighted by atomic mass is 9.99. The largest absolute Gasteiger partial charge is 0.429 e. The molecule has 8 nitrogen and oxygen atoms in total. The molecule has 4 N–H and O–H groups in total. The summed E-state index contributed by atoms with van der Waals surface area (Å²) in [7, 11) is 0. The Morgan fingerprint density at radius 1 is 0.946 bits per heavy atom. The van der Waals surface area contributed by atoms with E-state index in [9.17, 15) is 20.1 Å². The summed E-state index contributed by atoms with van der Waals surface area (Å²) in [5, 5.41) is 33.9. The van der Waals surface area contributed by atoms with Crippen LogP contribution in [0.15, 0.2) is 59.7 Å². The fourth-order valence-electron chi connectivity index (χ4n) is 4.51. The van der Waals surface area contributed by atoms with Gasteiger partial charge in [-0.15, -0.1) is 0 Å². The summed E-state index contributed by atoms with van der Waals surface area (Å²) in [5.74, 6) is -0.711. The Balaban J connectivity index is 1.73. The third-order valence-corrected chi connectivity index (χ3v) is 6.67. The second-order valence-corrected chi connectivity index (χ2v) is 10.1. The van der Waals surface area contributed by atoms with Crippen LogP contribution in [-0.4, -0.2) is 58.5 Å². The maximum absolute atomic E-state index is 13.4. The highest BCUT2D eigenvalue weighted by molar-refractivity contribution is 6.05. The van der Waals surface area contributed by atoms with Gasteiger partial charge in [0, 0.05) is 6.54 Å². The number of esters is 1. The highest BCUT2D eigenvalue weighted by Gasteiger charge is 2.44. The summed E-state index contributed by atoms with van der Waals surface area (Å²) in [4.78, 5) is 15.5. The molecule has 2 aromatic carbocycles. The first-order valence-electron chi connectivity index (χ1n) is 12.5. The van der Waals surface area contributed by atoms with Crippen molar-refractivity contribution in [3.05, 3.63) is 70.8 Å². The molecule has 0 unspecified atom stereocenters. The zero-order chi connectivity index (χ0) is 26.9. The fourth-order valence-corrected chi connectivity index (χ4v) is 4.51. The van der Waals surface area contributed by atoms with Crippen molar-refractivity contribution in [2.24, 2.45) is 0 Å². The number of benzene rings is 2. The number of anilines is 4. The lowest BCUT2D eigenvalue weighted by molar-refractivity contribution is -0.276. The number of carbonyl (C=O) groups excluding carboxylic acids is 1. The van der Waals surface area contributed by atoms with Crippen LogP contribution in [-0.2, 0) is 15.9 Å². The smallest absolute Gasteiger partial charge is 0.342 e. The third kappa shape index (κ3) is 5.57. The Bertz CT molecular complexity index is 1210. The van der Waals surface area contributed by atoms with E-state index in [0.717, 1.165) is 29.0 Å². The minimum atomic E-state index is -1.58. The zero-order valence-electron chi connectivity index (χ0n) is 21.9. The van der Waals surface area contributed by atoms with Gasteiger partial charge in [-0.2, -0.15) is 0 Å². The second-order valence-electron chi connectivity index (χ2n) is 10.1. The molecule has 8 heteroatoms. The molecule has 0 bridgehead atoms. The number of hydrogen-bond acceptors (Lipinski definition) is 8. The highest BCUT2D eigenvalue weighted by Crippen LogP contribution is 2.47. The van der Waals surface area contributed by atoms with Gasteiger partial charge >= 0.3 is 5.97 Å². The Morgan fingerprint density at radius 2 is 1.59 bits per heavy atom. The minimum Gasteiger partial charge on any atom is -0.429 e. The minimum absolute atomic E-state index is 0.270. The van der Waals surface area contributed by atoms with Crippen LogP contribution in [0.4, 0.5) is 22.7 Å². The molecule has 0 aliphatic carbocycles. The molecule has 2 heterocycles. The standard InChI is InChI=1S/C29H36N2O6/c1-16(2)12-13-19-8-6-10-21-23(19)30-24-20(9-7-11-22(24)31(21)15-14-17(3)4)28(35)37-29-27(34)26(33)25(32)18(5)36-29/h6-12,14,18,25-27,29-30,32-34H,13,15H2,1-5H3/t18-,25-,26+,27+,29-/m0/s1. The molecular weight excluding hydrogens is 472 g/mol. The monoisotopic (exact) mass is 508 g/mol. The van der Waals surface area contributed by atoms with E-state index in [0.29, 0.717) is 12.2 Å². The van der Waals surface area contributed by atoms with E-state index in [1.165, 1.54) is 11.1 Å². The van der Waals surface area contributed by atoms with E-state index in [1.54, 1.807) is 19.1 Å². The first-order chi connectivity index (χ1) is 17.6. The van der Waals surface area contributed by atoms with Gasteiger partial charge in [0.1, 0.15) is 18.3 Å². The van der Waals surface area contributed by atoms with Gasteiger partial charge in [-0.25, -0.2) is 4.79 Å². The molecule has 0 saturated carbocycles. The van der Waals surface area contributed by atoms with Gasteiger partial charge in [-0.3, -0.25) is 0 Å². The Hall–Kier alpha value is -3.17. The molecule has 37 heavy (non-hydrogen) atoms. The average molecular weight is 509 g/mol. The Morgan fingerprint density at radius 3 is 2.27 bits per heavy atom. The molecule has 0 aromatic heterocycles. The van der Waals surface area contributed by atoms with Crippen molar-refractivity contribution < 1.29 is 29.6 Å². The molecular formula is C29H36N2O6. The quantitative estimate of drug-likeness (QED) is 0.337. The van der Waals surface area contributed by atoms with Gasteiger partial charge < -0.3 is 35.0 Å². The van der Waals surface area contributed by atoms with Crippen molar-refractivity contribution in [2.45, 2.75) is 71.7 Å². The number of aliphatic hydroxyl groups is 3. The second kappa shape index (κ2) is 11.1. The maximum atomic E-state index is 13.4. The third-order valence-electron chi connectivity index (χ3n) is 6.67. The topological polar surface area (TPSA) is 111 Å².